The summed E-state index contributed by atoms with van der Waals surface area (Å²) in [7, 11) is 3.48. The van der Waals surface area contributed by atoms with Gasteiger partial charge in [0.2, 0.25) is 0 Å². The average Bonchev–Trinajstić information content (AvgIpc) is 2.04. The molecule has 0 aliphatic rings. The topological polar surface area (TPSA) is 18.5 Å². The van der Waals surface area contributed by atoms with Crippen LogP contribution in [0.25, 0.3) is 0 Å². The molecule has 0 saturated heterocycles. The van der Waals surface area contributed by atoms with Gasteiger partial charge in [-0.15, -0.1) is 0 Å². The molecule has 12 heavy (non-hydrogen) atoms. The van der Waals surface area contributed by atoms with Gasteiger partial charge in [-0.25, -0.2) is 0 Å². The first kappa shape index (κ1) is 11.9. The van der Waals surface area contributed by atoms with Crippen LogP contribution in [0.5, 0.6) is 0 Å². The zero-order valence-electron chi connectivity index (χ0n) is 9.23. The second kappa shape index (κ2) is 4.24. The Morgan fingerprint density at radius 2 is 1.50 bits per heavy atom. The maximum absolute atomic E-state index is 5.51. The number of hydrogen-bond donors (Lipinski definition) is 0. The predicted octanol–water partition coefficient (Wildman–Crippen LogP) is 2.62. The van der Waals surface area contributed by atoms with Gasteiger partial charge in [-0.2, -0.15) is 0 Å². The molecule has 0 aromatic carbocycles. The van der Waals surface area contributed by atoms with Crippen molar-refractivity contribution < 1.29 is 9.47 Å². The average molecular weight is 174 g/mol. The largest absolute Gasteiger partial charge is 0.376 e. The van der Waals surface area contributed by atoms with Crippen LogP contribution in [0.4, 0.5) is 0 Å². The highest BCUT2D eigenvalue weighted by Gasteiger charge is 2.40. The van der Waals surface area contributed by atoms with Crippen molar-refractivity contribution in [2.75, 3.05) is 14.2 Å². The summed E-state index contributed by atoms with van der Waals surface area (Å²) in [4.78, 5) is 0. The van der Waals surface area contributed by atoms with Crippen LogP contribution in [0.15, 0.2) is 0 Å². The van der Waals surface area contributed by atoms with Gasteiger partial charge in [0.05, 0.1) is 11.2 Å². The van der Waals surface area contributed by atoms with Gasteiger partial charge < -0.3 is 9.47 Å². The summed E-state index contributed by atoms with van der Waals surface area (Å²) in [6, 6.07) is 0. The van der Waals surface area contributed by atoms with Crippen molar-refractivity contribution in [3.05, 3.63) is 0 Å². The second-order valence-electron chi connectivity index (χ2n) is 3.90. The minimum absolute atomic E-state index is 0.184. The highest BCUT2D eigenvalue weighted by molar-refractivity contribution is 4.92. The van der Waals surface area contributed by atoms with Crippen molar-refractivity contribution in [2.24, 2.45) is 0 Å². The smallest absolute Gasteiger partial charge is 0.0933 e. The Hall–Kier alpha value is -0.0800. The Labute approximate surface area is 76.3 Å². The van der Waals surface area contributed by atoms with Gasteiger partial charge >= 0.3 is 0 Å². The van der Waals surface area contributed by atoms with E-state index in [0.29, 0.717) is 0 Å². The van der Waals surface area contributed by atoms with Crippen molar-refractivity contribution in [1.82, 2.24) is 0 Å². The monoisotopic (exact) mass is 174 g/mol. The van der Waals surface area contributed by atoms with Crippen LogP contribution in [0.2, 0.25) is 0 Å². The third-order valence-electron chi connectivity index (χ3n) is 2.96. The lowest BCUT2D eigenvalue weighted by Gasteiger charge is -2.42. The first-order valence-electron chi connectivity index (χ1n) is 4.54. The summed E-state index contributed by atoms with van der Waals surface area (Å²) >= 11 is 0. The van der Waals surface area contributed by atoms with Crippen LogP contribution in [-0.2, 0) is 9.47 Å². The molecule has 0 saturated carbocycles. The molecule has 0 radical (unpaired) electrons. The van der Waals surface area contributed by atoms with Crippen molar-refractivity contribution in [2.45, 2.75) is 51.7 Å². The normalized spacial score (nSPS) is 17.5. The lowest BCUT2D eigenvalue weighted by Crippen LogP contribution is -2.50. The Balaban J connectivity index is 4.49. The molecule has 0 aliphatic carbocycles. The molecular weight excluding hydrogens is 152 g/mol. The van der Waals surface area contributed by atoms with Crippen LogP contribution in [0.3, 0.4) is 0 Å². The molecule has 1 unspecified atom stereocenters. The standard InChI is InChI=1S/C10H22O2/c1-7-8-10(4,12-6)9(2,3)11-5/h7-8H2,1-6H3. The van der Waals surface area contributed by atoms with E-state index in [1.165, 1.54) is 0 Å². The summed E-state index contributed by atoms with van der Waals surface area (Å²) in [6.07, 6.45) is 2.13. The van der Waals surface area contributed by atoms with E-state index < -0.39 is 0 Å². The maximum Gasteiger partial charge on any atom is 0.0933 e. The summed E-state index contributed by atoms with van der Waals surface area (Å²) in [5.74, 6) is 0. The van der Waals surface area contributed by atoms with E-state index in [0.717, 1.165) is 12.8 Å². The summed E-state index contributed by atoms with van der Waals surface area (Å²) in [6.45, 7) is 8.38. The van der Waals surface area contributed by atoms with Crippen molar-refractivity contribution in [3.8, 4) is 0 Å². The Morgan fingerprint density at radius 1 is 1.00 bits per heavy atom. The molecule has 2 heteroatoms. The number of ether oxygens (including phenoxy) is 2. The third kappa shape index (κ3) is 2.20. The second-order valence-corrected chi connectivity index (χ2v) is 3.90. The van der Waals surface area contributed by atoms with E-state index >= 15 is 0 Å². The minimum atomic E-state index is -0.224. The molecule has 0 heterocycles. The third-order valence-corrected chi connectivity index (χ3v) is 2.96. The van der Waals surface area contributed by atoms with Crippen LogP contribution in [0, 0.1) is 0 Å². The molecule has 0 amide bonds. The first-order valence-corrected chi connectivity index (χ1v) is 4.54. The van der Waals surface area contributed by atoms with E-state index in [-0.39, 0.29) is 11.2 Å². The highest BCUT2D eigenvalue weighted by Crippen LogP contribution is 2.32. The fourth-order valence-electron chi connectivity index (χ4n) is 1.34. The zero-order chi connectivity index (χ0) is 9.83. The maximum atomic E-state index is 5.51. The zero-order valence-corrected chi connectivity index (χ0v) is 9.23. The molecule has 0 aliphatic heterocycles. The predicted molar refractivity (Wildman–Crippen MR) is 51.4 cm³/mol. The van der Waals surface area contributed by atoms with Crippen LogP contribution < -0.4 is 0 Å². The molecule has 0 aromatic rings. The molecule has 0 bridgehead atoms. The number of hydrogen-bond acceptors (Lipinski definition) is 2. The molecule has 1 atom stereocenters. The fraction of sp³-hybridized carbons (Fsp3) is 1.00. The lowest BCUT2D eigenvalue weighted by atomic mass is 9.83. The summed E-state index contributed by atoms with van der Waals surface area (Å²) in [5.41, 5.74) is -0.408. The molecule has 0 rings (SSSR count). The molecule has 0 N–H and O–H groups in total. The van der Waals surface area contributed by atoms with Crippen molar-refractivity contribution >= 4 is 0 Å². The van der Waals surface area contributed by atoms with Gasteiger partial charge in [-0.1, -0.05) is 13.3 Å². The van der Waals surface area contributed by atoms with Crippen molar-refractivity contribution in [1.29, 1.82) is 0 Å². The van der Waals surface area contributed by atoms with E-state index in [4.69, 9.17) is 9.47 Å². The molecule has 2 nitrogen and oxygen atoms in total. The number of rotatable bonds is 5. The highest BCUT2D eigenvalue weighted by atomic mass is 16.5. The first-order chi connectivity index (χ1) is 5.43. The van der Waals surface area contributed by atoms with E-state index in [2.05, 4.69) is 27.7 Å². The summed E-state index contributed by atoms with van der Waals surface area (Å²) in [5, 5.41) is 0. The van der Waals surface area contributed by atoms with Gasteiger partial charge in [0.1, 0.15) is 0 Å². The van der Waals surface area contributed by atoms with E-state index in [1.54, 1.807) is 14.2 Å². The van der Waals surface area contributed by atoms with Gasteiger partial charge in [-0.05, 0) is 27.2 Å². The molecule has 0 fully saturated rings. The Kier molecular flexibility index (Phi) is 4.21. The van der Waals surface area contributed by atoms with E-state index in [9.17, 15) is 0 Å². The Morgan fingerprint density at radius 3 is 1.75 bits per heavy atom. The molecule has 0 spiro atoms. The van der Waals surface area contributed by atoms with Crippen LogP contribution in [0.1, 0.15) is 40.5 Å². The van der Waals surface area contributed by atoms with Gasteiger partial charge in [0.25, 0.3) is 0 Å². The molecule has 0 aromatic heterocycles. The van der Waals surface area contributed by atoms with E-state index in [1.807, 2.05) is 0 Å². The van der Waals surface area contributed by atoms with Crippen LogP contribution >= 0.6 is 0 Å². The number of methoxy groups -OCH3 is 2. The Bertz CT molecular complexity index is 132. The van der Waals surface area contributed by atoms with Crippen LogP contribution in [-0.4, -0.2) is 25.4 Å². The van der Waals surface area contributed by atoms with Gasteiger partial charge in [-0.3, -0.25) is 0 Å². The van der Waals surface area contributed by atoms with Crippen molar-refractivity contribution in [3.63, 3.8) is 0 Å². The van der Waals surface area contributed by atoms with Gasteiger partial charge in [0.15, 0.2) is 0 Å². The fourth-order valence-corrected chi connectivity index (χ4v) is 1.34. The summed E-state index contributed by atoms with van der Waals surface area (Å²) < 4.78 is 10.9. The van der Waals surface area contributed by atoms with Gasteiger partial charge in [0, 0.05) is 14.2 Å². The minimum Gasteiger partial charge on any atom is -0.376 e. The molecular formula is C10H22O2. The molecule has 74 valence electrons. The quantitative estimate of drug-likeness (QED) is 0.638. The SMILES string of the molecule is CCCC(C)(OC)C(C)(C)OC. The lowest BCUT2D eigenvalue weighted by molar-refractivity contribution is -0.161.